The number of hydrogen-bond donors (Lipinski definition) is 1. The molecule has 7 heteroatoms. The van der Waals surface area contributed by atoms with Crippen molar-refractivity contribution >= 4 is 44.4 Å². The normalized spacial score (nSPS) is 10.6. The first-order valence-electron chi connectivity index (χ1n) is 3.37. The maximum Gasteiger partial charge on any atom is 0.265 e. The van der Waals surface area contributed by atoms with E-state index in [1.165, 1.54) is 0 Å². The van der Waals surface area contributed by atoms with E-state index in [9.17, 15) is 13.6 Å². The van der Waals surface area contributed by atoms with Crippen LogP contribution in [0.2, 0.25) is 0 Å². The molecule has 0 fully saturated rings. The summed E-state index contributed by atoms with van der Waals surface area (Å²) < 4.78 is 25.6. The number of nitrogens with two attached hydrogens (primary N) is 1. The first kappa shape index (κ1) is 11.8. The zero-order chi connectivity index (χ0) is 10.9. The van der Waals surface area contributed by atoms with Gasteiger partial charge in [0.15, 0.2) is 0 Å². The average Bonchev–Trinajstić information content (AvgIpc) is 2.08. The van der Waals surface area contributed by atoms with Crippen LogP contribution in [0.15, 0.2) is 10.7 Å². The van der Waals surface area contributed by atoms with Crippen molar-refractivity contribution in [3.05, 3.63) is 25.5 Å². The fraction of sp³-hybridized carbons (Fsp3) is 0.143. The molecule has 1 amide bonds. The summed E-state index contributed by atoms with van der Waals surface area (Å²) in [5.74, 6) is -0.912. The molecule has 0 spiro atoms. The maximum absolute atomic E-state index is 12.6. The highest BCUT2D eigenvalue weighted by atomic mass is 127. The molecular weight excluding hydrogens is 373 g/mol. The molecule has 0 aliphatic carbocycles. The SMILES string of the molecule is NC(=O)c1cnc(I)c(Br)c1C(F)F. The number of primary amides is 1. The minimum absolute atomic E-state index is 0.115. The minimum atomic E-state index is -2.76. The molecule has 0 unspecified atom stereocenters. The summed E-state index contributed by atoms with van der Waals surface area (Å²) in [6.07, 6.45) is -1.71. The molecular formula is C7H4BrF2IN2O. The van der Waals surface area contributed by atoms with Crippen molar-refractivity contribution in [1.82, 2.24) is 4.98 Å². The van der Waals surface area contributed by atoms with Gasteiger partial charge in [0.1, 0.15) is 3.70 Å². The van der Waals surface area contributed by atoms with Crippen LogP contribution in [0.4, 0.5) is 8.78 Å². The van der Waals surface area contributed by atoms with Gasteiger partial charge in [0.05, 0.1) is 10.0 Å². The van der Waals surface area contributed by atoms with Gasteiger partial charge in [-0.15, -0.1) is 0 Å². The molecule has 14 heavy (non-hydrogen) atoms. The molecule has 0 saturated carbocycles. The third-order valence-corrected chi connectivity index (χ3v) is 3.86. The van der Waals surface area contributed by atoms with Gasteiger partial charge in [-0.1, -0.05) is 0 Å². The second-order valence-corrected chi connectivity index (χ2v) is 4.17. The number of carbonyl (C=O) groups excluding carboxylic acids is 1. The molecule has 0 bridgehead atoms. The number of amides is 1. The predicted octanol–water partition coefficient (Wildman–Crippen LogP) is 2.49. The average molecular weight is 377 g/mol. The molecule has 0 saturated heterocycles. The Morgan fingerprint density at radius 2 is 2.21 bits per heavy atom. The number of pyridine rings is 1. The molecule has 2 N–H and O–H groups in total. The fourth-order valence-corrected chi connectivity index (χ4v) is 1.81. The molecule has 0 aliphatic rings. The molecule has 1 rings (SSSR count). The van der Waals surface area contributed by atoms with Crippen LogP contribution in [0.1, 0.15) is 22.3 Å². The highest BCUT2D eigenvalue weighted by Crippen LogP contribution is 2.32. The Labute approximate surface area is 100 Å². The van der Waals surface area contributed by atoms with Crippen molar-refractivity contribution in [3.63, 3.8) is 0 Å². The van der Waals surface area contributed by atoms with Gasteiger partial charge in [0, 0.05) is 11.8 Å². The van der Waals surface area contributed by atoms with E-state index in [4.69, 9.17) is 5.73 Å². The fourth-order valence-electron chi connectivity index (χ4n) is 0.886. The lowest BCUT2D eigenvalue weighted by Gasteiger charge is -2.08. The number of carbonyl (C=O) groups is 1. The summed E-state index contributed by atoms with van der Waals surface area (Å²) in [7, 11) is 0. The van der Waals surface area contributed by atoms with Crippen LogP contribution in [0.5, 0.6) is 0 Å². The number of aromatic nitrogens is 1. The van der Waals surface area contributed by atoms with Gasteiger partial charge in [0.2, 0.25) is 0 Å². The van der Waals surface area contributed by atoms with Gasteiger partial charge in [-0.2, -0.15) is 0 Å². The van der Waals surface area contributed by atoms with Gasteiger partial charge in [-0.05, 0) is 38.5 Å². The first-order valence-corrected chi connectivity index (χ1v) is 5.24. The Morgan fingerprint density at radius 3 is 2.64 bits per heavy atom. The Morgan fingerprint density at radius 1 is 1.64 bits per heavy atom. The van der Waals surface area contributed by atoms with Crippen LogP contribution >= 0.6 is 38.5 Å². The van der Waals surface area contributed by atoms with Gasteiger partial charge >= 0.3 is 0 Å². The lowest BCUT2D eigenvalue weighted by Crippen LogP contribution is -2.15. The molecule has 0 aliphatic heterocycles. The molecule has 3 nitrogen and oxygen atoms in total. The van der Waals surface area contributed by atoms with Crippen LogP contribution in [0.25, 0.3) is 0 Å². The standard InChI is InChI=1S/C7H4BrF2IN2O/c8-4-3(5(9)10)2(7(12)14)1-13-6(4)11/h1,5H,(H2,12,14). The number of rotatable bonds is 2. The van der Waals surface area contributed by atoms with Gasteiger partial charge in [0.25, 0.3) is 12.3 Å². The van der Waals surface area contributed by atoms with Gasteiger partial charge < -0.3 is 5.73 Å². The van der Waals surface area contributed by atoms with Crippen molar-refractivity contribution in [2.75, 3.05) is 0 Å². The number of halogens is 4. The summed E-state index contributed by atoms with van der Waals surface area (Å²) in [5.41, 5.74) is 4.27. The van der Waals surface area contributed by atoms with E-state index in [2.05, 4.69) is 20.9 Å². The molecule has 76 valence electrons. The Bertz CT molecular complexity index is 386. The van der Waals surface area contributed by atoms with Crippen molar-refractivity contribution in [2.24, 2.45) is 5.73 Å². The number of alkyl halides is 2. The lowest BCUT2D eigenvalue weighted by atomic mass is 10.1. The Balaban J connectivity index is 3.45. The van der Waals surface area contributed by atoms with Crippen molar-refractivity contribution in [3.8, 4) is 0 Å². The maximum atomic E-state index is 12.6. The highest BCUT2D eigenvalue weighted by Gasteiger charge is 2.22. The summed E-state index contributed by atoms with van der Waals surface area (Å²) in [4.78, 5) is 14.6. The van der Waals surface area contributed by atoms with Gasteiger partial charge in [-0.3, -0.25) is 4.79 Å². The van der Waals surface area contributed by atoms with E-state index in [0.717, 1.165) is 6.20 Å². The largest absolute Gasteiger partial charge is 0.366 e. The van der Waals surface area contributed by atoms with E-state index < -0.39 is 17.9 Å². The number of nitrogens with zero attached hydrogens (tertiary/aromatic N) is 1. The lowest BCUT2D eigenvalue weighted by molar-refractivity contribution is 0.0985. The van der Waals surface area contributed by atoms with E-state index in [0.29, 0.717) is 3.70 Å². The second-order valence-electron chi connectivity index (χ2n) is 2.36. The molecule has 1 heterocycles. The highest BCUT2D eigenvalue weighted by molar-refractivity contribution is 14.1. The molecule has 0 aromatic carbocycles. The van der Waals surface area contributed by atoms with Crippen LogP contribution in [-0.4, -0.2) is 10.9 Å². The van der Waals surface area contributed by atoms with Crippen molar-refractivity contribution in [1.29, 1.82) is 0 Å². The van der Waals surface area contributed by atoms with Gasteiger partial charge in [-0.25, -0.2) is 13.8 Å². The number of hydrogen-bond acceptors (Lipinski definition) is 2. The van der Waals surface area contributed by atoms with E-state index in [-0.39, 0.29) is 10.0 Å². The first-order chi connectivity index (χ1) is 6.45. The van der Waals surface area contributed by atoms with E-state index >= 15 is 0 Å². The Hall–Kier alpha value is -0.310. The van der Waals surface area contributed by atoms with E-state index in [1.807, 2.05) is 0 Å². The Kier molecular flexibility index (Phi) is 3.76. The zero-order valence-electron chi connectivity index (χ0n) is 6.60. The quantitative estimate of drug-likeness (QED) is 0.636. The zero-order valence-corrected chi connectivity index (χ0v) is 10.3. The molecule has 1 aromatic rings. The summed E-state index contributed by atoms with van der Waals surface area (Å²) in [6, 6.07) is 0. The van der Waals surface area contributed by atoms with Crippen LogP contribution < -0.4 is 5.73 Å². The second kappa shape index (κ2) is 4.47. The third kappa shape index (κ3) is 2.19. The topological polar surface area (TPSA) is 56.0 Å². The summed E-state index contributed by atoms with van der Waals surface area (Å²) in [6.45, 7) is 0. The summed E-state index contributed by atoms with van der Waals surface area (Å²) in [5, 5.41) is 0. The smallest absolute Gasteiger partial charge is 0.265 e. The van der Waals surface area contributed by atoms with Crippen LogP contribution in [-0.2, 0) is 0 Å². The van der Waals surface area contributed by atoms with Crippen molar-refractivity contribution in [2.45, 2.75) is 6.43 Å². The molecule has 0 atom stereocenters. The van der Waals surface area contributed by atoms with Crippen LogP contribution in [0, 0.1) is 3.70 Å². The van der Waals surface area contributed by atoms with E-state index in [1.54, 1.807) is 22.6 Å². The molecule has 0 radical (unpaired) electrons. The molecule has 1 aromatic heterocycles. The predicted molar refractivity (Wildman–Crippen MR) is 58.1 cm³/mol. The monoisotopic (exact) mass is 376 g/mol. The van der Waals surface area contributed by atoms with Crippen LogP contribution in [0.3, 0.4) is 0 Å². The minimum Gasteiger partial charge on any atom is -0.366 e. The van der Waals surface area contributed by atoms with Crippen molar-refractivity contribution < 1.29 is 13.6 Å². The summed E-state index contributed by atoms with van der Waals surface area (Å²) >= 11 is 4.72. The third-order valence-electron chi connectivity index (χ3n) is 1.50.